The number of halogens is 1. The highest BCUT2D eigenvalue weighted by molar-refractivity contribution is 5.71. The van der Waals surface area contributed by atoms with Crippen LogP contribution in [0.5, 0.6) is 11.5 Å². The molecule has 0 saturated carbocycles. The largest absolute Gasteiger partial charge is 0.490 e. The summed E-state index contributed by atoms with van der Waals surface area (Å²) >= 11 is 0. The SMILES string of the molecule is CC(C)(F)c1cc2c(cc1CC(=O)O)OCCCO2. The van der Waals surface area contributed by atoms with E-state index in [1.807, 2.05) is 0 Å². The van der Waals surface area contributed by atoms with Gasteiger partial charge in [-0.1, -0.05) is 0 Å². The highest BCUT2D eigenvalue weighted by Gasteiger charge is 2.26. The number of rotatable bonds is 3. The second-order valence-electron chi connectivity index (χ2n) is 5.05. The smallest absolute Gasteiger partial charge is 0.307 e. The predicted molar refractivity (Wildman–Crippen MR) is 67.5 cm³/mol. The molecule has 0 bridgehead atoms. The van der Waals surface area contributed by atoms with Gasteiger partial charge in [0.25, 0.3) is 0 Å². The maximum atomic E-state index is 14.2. The van der Waals surface area contributed by atoms with Crippen LogP contribution >= 0.6 is 0 Å². The van der Waals surface area contributed by atoms with Crippen LogP contribution in [-0.2, 0) is 16.9 Å². The average Bonchev–Trinajstić information content (AvgIpc) is 2.50. The first-order valence-electron chi connectivity index (χ1n) is 6.21. The minimum Gasteiger partial charge on any atom is -0.490 e. The first kappa shape index (κ1) is 13.6. The Morgan fingerprint density at radius 2 is 1.89 bits per heavy atom. The summed E-state index contributed by atoms with van der Waals surface area (Å²) in [6, 6.07) is 3.13. The van der Waals surface area contributed by atoms with E-state index < -0.39 is 11.6 Å². The van der Waals surface area contributed by atoms with Gasteiger partial charge in [-0.15, -0.1) is 0 Å². The van der Waals surface area contributed by atoms with Gasteiger partial charge < -0.3 is 14.6 Å². The van der Waals surface area contributed by atoms with Crippen LogP contribution in [0.25, 0.3) is 0 Å². The summed E-state index contributed by atoms with van der Waals surface area (Å²) < 4.78 is 25.2. The van der Waals surface area contributed by atoms with Gasteiger partial charge in [0.15, 0.2) is 11.5 Å². The number of fused-ring (bicyclic) bond motifs is 1. The average molecular weight is 268 g/mol. The third-order valence-electron chi connectivity index (χ3n) is 2.96. The molecule has 0 fully saturated rings. The first-order valence-corrected chi connectivity index (χ1v) is 6.21. The summed E-state index contributed by atoms with van der Waals surface area (Å²) in [6.45, 7) is 3.82. The van der Waals surface area contributed by atoms with Crippen LogP contribution < -0.4 is 9.47 Å². The molecule has 19 heavy (non-hydrogen) atoms. The van der Waals surface area contributed by atoms with E-state index in [-0.39, 0.29) is 6.42 Å². The van der Waals surface area contributed by atoms with E-state index in [0.29, 0.717) is 35.8 Å². The second kappa shape index (κ2) is 5.07. The van der Waals surface area contributed by atoms with Crippen LogP contribution in [-0.4, -0.2) is 24.3 Å². The Hall–Kier alpha value is -1.78. The number of carbonyl (C=O) groups is 1. The molecule has 0 spiro atoms. The molecule has 1 aromatic carbocycles. The highest BCUT2D eigenvalue weighted by atomic mass is 19.1. The van der Waals surface area contributed by atoms with Gasteiger partial charge in [0.2, 0.25) is 0 Å². The molecule has 0 aliphatic carbocycles. The van der Waals surface area contributed by atoms with Crippen molar-refractivity contribution >= 4 is 5.97 Å². The van der Waals surface area contributed by atoms with Crippen molar-refractivity contribution in [3.8, 4) is 11.5 Å². The van der Waals surface area contributed by atoms with Gasteiger partial charge in [0, 0.05) is 6.42 Å². The van der Waals surface area contributed by atoms with Crippen molar-refractivity contribution in [1.82, 2.24) is 0 Å². The van der Waals surface area contributed by atoms with Crippen LogP contribution in [0.15, 0.2) is 12.1 Å². The molecule has 104 valence electrons. The van der Waals surface area contributed by atoms with Crippen LogP contribution in [0.2, 0.25) is 0 Å². The van der Waals surface area contributed by atoms with E-state index in [9.17, 15) is 9.18 Å². The zero-order valence-electron chi connectivity index (χ0n) is 11.0. The molecule has 1 aliphatic rings. The number of aliphatic carboxylic acids is 1. The molecule has 0 aromatic heterocycles. The molecular weight excluding hydrogens is 251 g/mol. The van der Waals surface area contributed by atoms with Gasteiger partial charge in [0.05, 0.1) is 19.6 Å². The number of benzene rings is 1. The summed E-state index contributed by atoms with van der Waals surface area (Å²) in [7, 11) is 0. The Morgan fingerprint density at radius 1 is 1.32 bits per heavy atom. The lowest BCUT2D eigenvalue weighted by molar-refractivity contribution is -0.136. The molecule has 0 amide bonds. The van der Waals surface area contributed by atoms with E-state index in [1.165, 1.54) is 13.8 Å². The van der Waals surface area contributed by atoms with Crippen molar-refractivity contribution < 1.29 is 23.8 Å². The molecule has 0 unspecified atom stereocenters. The fraction of sp³-hybridized carbons (Fsp3) is 0.500. The zero-order chi connectivity index (χ0) is 14.0. The lowest BCUT2D eigenvalue weighted by Gasteiger charge is -2.21. The van der Waals surface area contributed by atoms with E-state index in [1.54, 1.807) is 12.1 Å². The molecule has 1 heterocycles. The highest BCUT2D eigenvalue weighted by Crippen LogP contribution is 2.38. The zero-order valence-corrected chi connectivity index (χ0v) is 11.0. The van der Waals surface area contributed by atoms with E-state index >= 15 is 0 Å². The minimum absolute atomic E-state index is 0.237. The number of carboxylic acids is 1. The molecule has 5 heteroatoms. The summed E-state index contributed by atoms with van der Waals surface area (Å²) in [5.41, 5.74) is -0.876. The van der Waals surface area contributed by atoms with Gasteiger partial charge in [-0.05, 0) is 37.1 Å². The normalized spacial score (nSPS) is 14.9. The number of hydrogen-bond acceptors (Lipinski definition) is 3. The molecular formula is C14H17FO4. The van der Waals surface area contributed by atoms with Crippen LogP contribution in [0.3, 0.4) is 0 Å². The van der Waals surface area contributed by atoms with Crippen molar-refractivity contribution in [2.24, 2.45) is 0 Å². The Bertz CT molecular complexity index is 491. The third-order valence-corrected chi connectivity index (χ3v) is 2.96. The molecule has 0 saturated heterocycles. The second-order valence-corrected chi connectivity index (χ2v) is 5.05. The maximum absolute atomic E-state index is 14.2. The van der Waals surface area contributed by atoms with Crippen LogP contribution in [0.4, 0.5) is 4.39 Å². The quantitative estimate of drug-likeness (QED) is 0.915. The fourth-order valence-electron chi connectivity index (χ4n) is 2.11. The number of alkyl halides is 1. The Morgan fingerprint density at radius 3 is 2.42 bits per heavy atom. The monoisotopic (exact) mass is 268 g/mol. The van der Waals surface area contributed by atoms with Crippen molar-refractivity contribution in [3.63, 3.8) is 0 Å². The number of ether oxygens (including phenoxy) is 2. The molecule has 0 atom stereocenters. The van der Waals surface area contributed by atoms with Gasteiger partial charge in [-0.25, -0.2) is 4.39 Å². The molecule has 4 nitrogen and oxygen atoms in total. The third kappa shape index (κ3) is 3.16. The topological polar surface area (TPSA) is 55.8 Å². The fourth-order valence-corrected chi connectivity index (χ4v) is 2.11. The Labute approximate surface area is 111 Å². The van der Waals surface area contributed by atoms with E-state index in [2.05, 4.69) is 0 Å². The summed E-state index contributed by atoms with van der Waals surface area (Å²) in [4.78, 5) is 10.9. The van der Waals surface area contributed by atoms with Crippen molar-refractivity contribution in [2.75, 3.05) is 13.2 Å². The van der Waals surface area contributed by atoms with Crippen molar-refractivity contribution in [3.05, 3.63) is 23.3 Å². The molecule has 2 rings (SSSR count). The molecule has 1 aromatic rings. The number of hydrogen-bond donors (Lipinski definition) is 1. The van der Waals surface area contributed by atoms with Gasteiger partial charge >= 0.3 is 5.97 Å². The minimum atomic E-state index is -1.63. The molecule has 1 N–H and O–H groups in total. The lowest BCUT2D eigenvalue weighted by Crippen LogP contribution is -2.15. The van der Waals surface area contributed by atoms with Crippen LogP contribution in [0.1, 0.15) is 31.4 Å². The molecule has 1 aliphatic heterocycles. The molecule has 0 radical (unpaired) electrons. The van der Waals surface area contributed by atoms with Crippen molar-refractivity contribution in [1.29, 1.82) is 0 Å². The van der Waals surface area contributed by atoms with Gasteiger partial charge in [-0.3, -0.25) is 4.79 Å². The van der Waals surface area contributed by atoms with Crippen molar-refractivity contribution in [2.45, 2.75) is 32.4 Å². The standard InChI is InChI=1S/C14H17FO4/c1-14(2,15)10-8-12-11(18-4-3-5-19-12)6-9(10)7-13(16)17/h6,8H,3-5,7H2,1-2H3,(H,16,17). The van der Waals surface area contributed by atoms with E-state index in [0.717, 1.165) is 6.42 Å². The lowest BCUT2D eigenvalue weighted by atomic mass is 9.92. The van der Waals surface area contributed by atoms with Gasteiger partial charge in [-0.2, -0.15) is 0 Å². The Balaban J connectivity index is 2.50. The Kier molecular flexibility index (Phi) is 3.64. The van der Waals surface area contributed by atoms with Gasteiger partial charge in [0.1, 0.15) is 5.67 Å². The summed E-state index contributed by atoms with van der Waals surface area (Å²) in [5, 5.41) is 8.92. The summed E-state index contributed by atoms with van der Waals surface area (Å²) in [6.07, 6.45) is 0.511. The van der Waals surface area contributed by atoms with Crippen LogP contribution in [0, 0.1) is 0 Å². The van der Waals surface area contributed by atoms with E-state index in [4.69, 9.17) is 14.6 Å². The number of carboxylic acid groups (broad SMARTS) is 1. The summed E-state index contributed by atoms with van der Waals surface area (Å²) in [5.74, 6) is -0.0332. The maximum Gasteiger partial charge on any atom is 0.307 e. The predicted octanol–water partition coefficient (Wildman–Crippen LogP) is 2.68. The first-order chi connectivity index (χ1) is 8.88.